The lowest BCUT2D eigenvalue weighted by atomic mass is 10.0. The third-order valence-electron chi connectivity index (χ3n) is 2.52. The first kappa shape index (κ1) is 15.2. The van der Waals surface area contributed by atoms with Crippen molar-refractivity contribution in [2.75, 3.05) is 6.61 Å². The molecule has 4 heteroatoms. The van der Waals surface area contributed by atoms with Gasteiger partial charge in [0.15, 0.2) is 0 Å². The maximum absolute atomic E-state index is 11.7. The van der Waals surface area contributed by atoms with Crippen LogP contribution in [0.2, 0.25) is 0 Å². The van der Waals surface area contributed by atoms with Crippen LogP contribution in [-0.2, 0) is 9.53 Å². The number of rotatable bonds is 6. The molecule has 1 aromatic rings. The van der Waals surface area contributed by atoms with Gasteiger partial charge in [0.25, 0.3) is 0 Å². The molecule has 0 saturated heterocycles. The molecule has 0 amide bonds. The van der Waals surface area contributed by atoms with Gasteiger partial charge in [-0.3, -0.25) is 0 Å². The number of ether oxygens (including phenoxy) is 1. The second kappa shape index (κ2) is 7.53. The van der Waals surface area contributed by atoms with Crippen molar-refractivity contribution in [1.29, 1.82) is 0 Å². The molecule has 1 aromatic carbocycles. The Morgan fingerprint density at radius 2 is 2.17 bits per heavy atom. The molecule has 0 heterocycles. The van der Waals surface area contributed by atoms with Crippen LogP contribution in [0, 0.1) is 3.57 Å². The maximum atomic E-state index is 11.7. The summed E-state index contributed by atoms with van der Waals surface area (Å²) in [4.78, 5) is 11.7. The minimum Gasteiger partial charge on any atom is -0.462 e. The summed E-state index contributed by atoms with van der Waals surface area (Å²) in [6.07, 6.45) is 0.767. The third kappa shape index (κ3) is 4.10. The molecule has 0 aromatic heterocycles. The highest BCUT2D eigenvalue weighted by Crippen LogP contribution is 2.25. The van der Waals surface area contributed by atoms with Gasteiger partial charge in [-0.05, 0) is 40.6 Å². The van der Waals surface area contributed by atoms with E-state index < -0.39 is 12.1 Å². The first-order chi connectivity index (χ1) is 8.57. The zero-order valence-corrected chi connectivity index (χ0v) is 12.5. The van der Waals surface area contributed by atoms with Gasteiger partial charge in [-0.15, -0.1) is 0 Å². The Bertz CT molecular complexity index is 429. The van der Waals surface area contributed by atoms with Gasteiger partial charge >= 0.3 is 5.97 Å². The summed E-state index contributed by atoms with van der Waals surface area (Å²) in [7, 11) is 0. The van der Waals surface area contributed by atoms with Gasteiger partial charge in [-0.1, -0.05) is 38.1 Å². The summed E-state index contributed by atoms with van der Waals surface area (Å²) < 4.78 is 5.92. The van der Waals surface area contributed by atoms with Crippen LogP contribution in [-0.4, -0.2) is 17.7 Å². The van der Waals surface area contributed by atoms with Crippen LogP contribution in [0.3, 0.4) is 0 Å². The highest BCUT2D eigenvalue weighted by atomic mass is 127. The summed E-state index contributed by atoms with van der Waals surface area (Å²) in [5.41, 5.74) is 0.755. The summed E-state index contributed by atoms with van der Waals surface area (Å²) in [5, 5.41) is 10.1. The predicted octanol–water partition coefficient (Wildman–Crippen LogP) is 3.22. The molecule has 18 heavy (non-hydrogen) atoms. The number of aliphatic hydroxyl groups excluding tert-OH is 1. The Hall–Kier alpha value is -0.880. The summed E-state index contributed by atoms with van der Waals surface area (Å²) in [6.45, 7) is 6.01. The second-order valence-corrected chi connectivity index (χ2v) is 5.10. The molecule has 98 valence electrons. The summed E-state index contributed by atoms with van der Waals surface area (Å²) in [6, 6.07) is 7.34. The average molecular weight is 360 g/mol. The SMILES string of the molecule is C=C(C(=O)OCCCC)C(O)c1ccccc1I. The molecule has 1 rings (SSSR count). The molecule has 0 spiro atoms. The van der Waals surface area contributed by atoms with Crippen molar-refractivity contribution >= 4 is 28.6 Å². The Kier molecular flexibility index (Phi) is 6.35. The van der Waals surface area contributed by atoms with Gasteiger partial charge in [-0.25, -0.2) is 4.79 Å². The fraction of sp³-hybridized carbons (Fsp3) is 0.357. The van der Waals surface area contributed by atoms with Crippen molar-refractivity contribution < 1.29 is 14.6 Å². The molecular weight excluding hydrogens is 343 g/mol. The van der Waals surface area contributed by atoms with Crippen molar-refractivity contribution in [3.05, 3.63) is 45.6 Å². The molecule has 0 saturated carbocycles. The zero-order valence-electron chi connectivity index (χ0n) is 10.4. The molecule has 0 fully saturated rings. The van der Waals surface area contributed by atoms with Gasteiger partial charge < -0.3 is 9.84 Å². The van der Waals surface area contributed by atoms with Crippen LogP contribution in [0.25, 0.3) is 0 Å². The van der Waals surface area contributed by atoms with E-state index in [2.05, 4.69) is 29.2 Å². The van der Waals surface area contributed by atoms with E-state index in [1.807, 2.05) is 25.1 Å². The third-order valence-corrected chi connectivity index (χ3v) is 3.51. The van der Waals surface area contributed by atoms with Gasteiger partial charge in [-0.2, -0.15) is 0 Å². The minimum atomic E-state index is -1.01. The highest BCUT2D eigenvalue weighted by molar-refractivity contribution is 14.1. The number of hydrogen-bond acceptors (Lipinski definition) is 3. The number of hydrogen-bond donors (Lipinski definition) is 1. The van der Waals surface area contributed by atoms with Gasteiger partial charge in [0, 0.05) is 3.57 Å². The summed E-state index contributed by atoms with van der Waals surface area (Å²) in [5.74, 6) is -0.532. The normalized spacial score (nSPS) is 11.9. The molecular formula is C14H17IO3. The smallest absolute Gasteiger partial charge is 0.336 e. The Morgan fingerprint density at radius 3 is 2.78 bits per heavy atom. The maximum Gasteiger partial charge on any atom is 0.336 e. The van der Waals surface area contributed by atoms with Gasteiger partial charge in [0.1, 0.15) is 6.10 Å². The molecule has 1 unspecified atom stereocenters. The average Bonchev–Trinajstić information content (AvgIpc) is 2.38. The van der Waals surface area contributed by atoms with Crippen LogP contribution >= 0.6 is 22.6 Å². The summed E-state index contributed by atoms with van der Waals surface area (Å²) >= 11 is 2.11. The number of carbonyl (C=O) groups excluding carboxylic acids is 1. The molecule has 3 nitrogen and oxygen atoms in total. The Balaban J connectivity index is 2.67. The number of carbonyl (C=O) groups is 1. The van der Waals surface area contributed by atoms with E-state index in [9.17, 15) is 9.90 Å². The van der Waals surface area contributed by atoms with E-state index in [1.165, 1.54) is 0 Å². The second-order valence-electron chi connectivity index (χ2n) is 3.94. The lowest BCUT2D eigenvalue weighted by molar-refractivity contribution is -0.140. The van der Waals surface area contributed by atoms with Crippen LogP contribution in [0.1, 0.15) is 31.4 Å². The van der Waals surface area contributed by atoms with Crippen molar-refractivity contribution in [3.63, 3.8) is 0 Å². The van der Waals surface area contributed by atoms with Gasteiger partial charge in [0.2, 0.25) is 0 Å². The predicted molar refractivity (Wildman–Crippen MR) is 79.1 cm³/mol. The molecule has 0 bridgehead atoms. The fourth-order valence-corrected chi connectivity index (χ4v) is 2.08. The van der Waals surface area contributed by atoms with E-state index >= 15 is 0 Å². The van der Waals surface area contributed by atoms with Crippen molar-refractivity contribution in [2.24, 2.45) is 0 Å². The molecule has 0 aliphatic carbocycles. The van der Waals surface area contributed by atoms with Crippen molar-refractivity contribution in [1.82, 2.24) is 0 Å². The van der Waals surface area contributed by atoms with E-state index in [4.69, 9.17) is 4.74 Å². The van der Waals surface area contributed by atoms with Crippen molar-refractivity contribution in [2.45, 2.75) is 25.9 Å². The van der Waals surface area contributed by atoms with E-state index in [0.717, 1.165) is 16.4 Å². The molecule has 0 aliphatic heterocycles. The molecule has 1 atom stereocenters. The largest absolute Gasteiger partial charge is 0.462 e. The first-order valence-corrected chi connectivity index (χ1v) is 6.94. The number of aliphatic hydroxyl groups is 1. The van der Waals surface area contributed by atoms with Crippen LogP contribution in [0.15, 0.2) is 36.4 Å². The molecule has 0 radical (unpaired) electrons. The van der Waals surface area contributed by atoms with E-state index in [1.54, 1.807) is 6.07 Å². The quantitative estimate of drug-likeness (QED) is 0.367. The number of unbranched alkanes of at least 4 members (excludes halogenated alkanes) is 1. The monoisotopic (exact) mass is 360 g/mol. The Labute approximate surface area is 121 Å². The van der Waals surface area contributed by atoms with Crippen LogP contribution in [0.5, 0.6) is 0 Å². The number of esters is 1. The number of benzene rings is 1. The molecule has 1 N–H and O–H groups in total. The minimum absolute atomic E-state index is 0.0789. The van der Waals surface area contributed by atoms with Crippen LogP contribution in [0.4, 0.5) is 0 Å². The van der Waals surface area contributed by atoms with E-state index in [-0.39, 0.29) is 5.57 Å². The molecule has 0 aliphatic rings. The fourth-order valence-electron chi connectivity index (χ4n) is 1.40. The zero-order chi connectivity index (χ0) is 13.5. The van der Waals surface area contributed by atoms with Gasteiger partial charge in [0.05, 0.1) is 12.2 Å². The Morgan fingerprint density at radius 1 is 1.50 bits per heavy atom. The topological polar surface area (TPSA) is 46.5 Å². The van der Waals surface area contributed by atoms with E-state index in [0.29, 0.717) is 12.2 Å². The standard InChI is InChI=1S/C14H17IO3/c1-3-4-9-18-14(17)10(2)13(16)11-7-5-6-8-12(11)15/h5-8,13,16H,2-4,9H2,1H3. The first-order valence-electron chi connectivity index (χ1n) is 5.86. The number of halogens is 1. The van der Waals surface area contributed by atoms with Crippen molar-refractivity contribution in [3.8, 4) is 0 Å². The lowest BCUT2D eigenvalue weighted by Gasteiger charge is -2.14. The lowest BCUT2D eigenvalue weighted by Crippen LogP contribution is -2.15. The highest BCUT2D eigenvalue weighted by Gasteiger charge is 2.21. The van der Waals surface area contributed by atoms with Crippen LogP contribution < -0.4 is 0 Å².